The first kappa shape index (κ1) is 17.6. The fourth-order valence-electron chi connectivity index (χ4n) is 4.26. The van der Waals surface area contributed by atoms with Gasteiger partial charge in [0.2, 0.25) is 0 Å². The summed E-state index contributed by atoms with van der Waals surface area (Å²) in [6.45, 7) is 11.4. The molecule has 4 rings (SSSR count). The molecule has 0 unspecified atom stereocenters. The molecule has 26 heavy (non-hydrogen) atoms. The largest absolute Gasteiger partial charge is 0.361 e. The lowest BCUT2D eigenvalue weighted by atomic mass is 10.1. The van der Waals surface area contributed by atoms with Gasteiger partial charge in [0, 0.05) is 61.4 Å². The number of aromatic nitrogens is 1. The molecule has 0 spiro atoms. The van der Waals surface area contributed by atoms with Crippen molar-refractivity contribution in [3.05, 3.63) is 35.5 Å². The Morgan fingerprint density at radius 2 is 1.81 bits per heavy atom. The maximum atomic E-state index is 12.9. The lowest BCUT2D eigenvalue weighted by molar-refractivity contribution is 0.0595. The third kappa shape index (κ3) is 3.51. The van der Waals surface area contributed by atoms with E-state index in [4.69, 9.17) is 0 Å². The van der Waals surface area contributed by atoms with E-state index in [1.807, 2.05) is 17.0 Å². The molecule has 1 N–H and O–H groups in total. The molecule has 5 nitrogen and oxygen atoms in total. The zero-order valence-electron chi connectivity index (χ0n) is 16.0. The van der Waals surface area contributed by atoms with Crippen molar-refractivity contribution < 1.29 is 4.79 Å². The van der Waals surface area contributed by atoms with Crippen molar-refractivity contribution in [1.82, 2.24) is 19.7 Å². The fraction of sp³-hybridized carbons (Fsp3) is 0.571. The van der Waals surface area contributed by atoms with Crippen molar-refractivity contribution >= 4 is 16.8 Å². The highest BCUT2D eigenvalue weighted by Crippen LogP contribution is 2.23. The Morgan fingerprint density at radius 1 is 1.08 bits per heavy atom. The normalized spacial score (nSPS) is 19.7. The summed E-state index contributed by atoms with van der Waals surface area (Å²) in [7, 11) is 0. The quantitative estimate of drug-likeness (QED) is 0.918. The summed E-state index contributed by atoms with van der Waals surface area (Å²) < 4.78 is 0. The van der Waals surface area contributed by atoms with E-state index in [0.29, 0.717) is 6.04 Å². The molecule has 1 amide bonds. The predicted octanol–water partition coefficient (Wildman–Crippen LogP) is 2.93. The smallest absolute Gasteiger partial charge is 0.254 e. The summed E-state index contributed by atoms with van der Waals surface area (Å²) in [5.74, 6) is 0.158. The Bertz CT molecular complexity index is 767. The third-order valence-electron chi connectivity index (χ3n) is 5.94. The number of carbonyl (C=O) groups excluding carboxylic acids is 1. The zero-order chi connectivity index (χ0) is 18.1. The summed E-state index contributed by atoms with van der Waals surface area (Å²) in [6.07, 6.45) is 4.73. The van der Waals surface area contributed by atoms with Gasteiger partial charge in [-0.1, -0.05) is 6.07 Å². The van der Waals surface area contributed by atoms with Crippen LogP contribution in [0.4, 0.5) is 0 Å². The molecule has 0 atom stereocenters. The first-order valence-corrected chi connectivity index (χ1v) is 9.97. The van der Waals surface area contributed by atoms with Crippen LogP contribution in [-0.2, 0) is 6.54 Å². The Hall–Kier alpha value is -1.85. The second-order valence-electron chi connectivity index (χ2n) is 7.98. The minimum atomic E-state index is 0.158. The summed E-state index contributed by atoms with van der Waals surface area (Å²) >= 11 is 0. The highest BCUT2D eigenvalue weighted by atomic mass is 16.2. The standard InChI is InChI=1S/C21H30N4O/c1-16(2)24-9-11-25(12-10-24)21(26)17-5-6-19-18(14-22-20(19)13-17)15-23-7-3-4-8-23/h5-6,13-14,16,22H,3-4,7-12,15H2,1-2H3. The average molecular weight is 354 g/mol. The van der Waals surface area contributed by atoms with Crippen molar-refractivity contribution in [3.63, 3.8) is 0 Å². The maximum absolute atomic E-state index is 12.9. The number of hydrogen-bond acceptors (Lipinski definition) is 3. The Morgan fingerprint density at radius 3 is 2.50 bits per heavy atom. The van der Waals surface area contributed by atoms with Crippen molar-refractivity contribution in [2.45, 2.75) is 39.3 Å². The van der Waals surface area contributed by atoms with Gasteiger partial charge in [-0.15, -0.1) is 0 Å². The van der Waals surface area contributed by atoms with Crippen LogP contribution in [0.2, 0.25) is 0 Å². The Balaban J connectivity index is 1.46. The van der Waals surface area contributed by atoms with Gasteiger partial charge in [-0.3, -0.25) is 14.6 Å². The second-order valence-corrected chi connectivity index (χ2v) is 7.98. The highest BCUT2D eigenvalue weighted by molar-refractivity contribution is 5.98. The number of fused-ring (bicyclic) bond motifs is 1. The Labute approximate surface area is 155 Å². The van der Waals surface area contributed by atoms with Crippen molar-refractivity contribution in [3.8, 4) is 0 Å². The lowest BCUT2D eigenvalue weighted by Crippen LogP contribution is -2.50. The summed E-state index contributed by atoms with van der Waals surface area (Å²) in [5.41, 5.74) is 3.21. The van der Waals surface area contributed by atoms with Gasteiger partial charge in [-0.05, 0) is 57.5 Å². The van der Waals surface area contributed by atoms with Crippen LogP contribution >= 0.6 is 0 Å². The number of benzene rings is 1. The van der Waals surface area contributed by atoms with Gasteiger partial charge in [0.1, 0.15) is 0 Å². The van der Waals surface area contributed by atoms with Crippen LogP contribution in [0.5, 0.6) is 0 Å². The van der Waals surface area contributed by atoms with Gasteiger partial charge in [0.25, 0.3) is 5.91 Å². The van der Waals surface area contributed by atoms with E-state index in [1.54, 1.807) is 0 Å². The molecular weight excluding hydrogens is 324 g/mol. The maximum Gasteiger partial charge on any atom is 0.254 e. The molecule has 2 saturated heterocycles. The molecule has 140 valence electrons. The molecule has 2 aromatic rings. The van der Waals surface area contributed by atoms with Crippen molar-refractivity contribution in [1.29, 1.82) is 0 Å². The van der Waals surface area contributed by atoms with Crippen LogP contribution in [-0.4, -0.2) is 70.9 Å². The van der Waals surface area contributed by atoms with E-state index in [0.717, 1.165) is 43.8 Å². The highest BCUT2D eigenvalue weighted by Gasteiger charge is 2.23. The van der Waals surface area contributed by atoms with Gasteiger partial charge in [-0.25, -0.2) is 0 Å². The van der Waals surface area contributed by atoms with Gasteiger partial charge >= 0.3 is 0 Å². The number of H-pyrrole nitrogens is 1. The molecule has 3 heterocycles. The number of nitrogens with zero attached hydrogens (tertiary/aromatic N) is 3. The summed E-state index contributed by atoms with van der Waals surface area (Å²) in [6, 6.07) is 6.70. The molecule has 2 fully saturated rings. The molecule has 0 aliphatic carbocycles. The molecular formula is C21H30N4O. The molecule has 2 aliphatic heterocycles. The van der Waals surface area contributed by atoms with E-state index in [9.17, 15) is 4.79 Å². The van der Waals surface area contributed by atoms with E-state index < -0.39 is 0 Å². The number of carbonyl (C=O) groups is 1. The topological polar surface area (TPSA) is 42.6 Å². The minimum Gasteiger partial charge on any atom is -0.361 e. The first-order valence-electron chi connectivity index (χ1n) is 9.97. The van der Waals surface area contributed by atoms with Gasteiger partial charge in [0.05, 0.1) is 0 Å². The predicted molar refractivity (Wildman–Crippen MR) is 105 cm³/mol. The first-order chi connectivity index (χ1) is 12.6. The van der Waals surface area contributed by atoms with E-state index in [1.165, 1.54) is 36.9 Å². The summed E-state index contributed by atoms with van der Waals surface area (Å²) in [5, 5.41) is 1.25. The van der Waals surface area contributed by atoms with Crippen molar-refractivity contribution in [2.75, 3.05) is 39.3 Å². The van der Waals surface area contributed by atoms with Gasteiger partial charge in [0.15, 0.2) is 0 Å². The van der Waals surface area contributed by atoms with Crippen LogP contribution in [0.1, 0.15) is 42.6 Å². The SMILES string of the molecule is CC(C)N1CCN(C(=O)c2ccc3c(CN4CCCC4)c[nH]c3c2)CC1. The molecule has 0 radical (unpaired) electrons. The second kappa shape index (κ2) is 7.41. The van der Waals surface area contributed by atoms with Crippen LogP contribution < -0.4 is 0 Å². The molecule has 0 bridgehead atoms. The number of likely N-dealkylation sites (tertiary alicyclic amines) is 1. The van der Waals surface area contributed by atoms with Crippen LogP contribution in [0, 0.1) is 0 Å². The number of hydrogen-bond donors (Lipinski definition) is 1. The monoisotopic (exact) mass is 354 g/mol. The van der Waals surface area contributed by atoms with Crippen LogP contribution in [0.3, 0.4) is 0 Å². The van der Waals surface area contributed by atoms with Gasteiger partial charge < -0.3 is 9.88 Å². The van der Waals surface area contributed by atoms with Gasteiger partial charge in [-0.2, -0.15) is 0 Å². The number of amides is 1. The molecule has 1 aromatic heterocycles. The lowest BCUT2D eigenvalue weighted by Gasteiger charge is -2.37. The fourth-order valence-corrected chi connectivity index (χ4v) is 4.26. The Kier molecular flexibility index (Phi) is 5.00. The number of nitrogens with one attached hydrogen (secondary N) is 1. The van der Waals surface area contributed by atoms with Crippen LogP contribution in [0.15, 0.2) is 24.4 Å². The zero-order valence-corrected chi connectivity index (χ0v) is 16.0. The molecule has 0 saturated carbocycles. The van der Waals surface area contributed by atoms with E-state index in [-0.39, 0.29) is 5.91 Å². The number of rotatable bonds is 4. The molecule has 5 heteroatoms. The number of piperazine rings is 1. The average Bonchev–Trinajstić information content (AvgIpc) is 3.31. The minimum absolute atomic E-state index is 0.158. The van der Waals surface area contributed by atoms with Crippen LogP contribution in [0.25, 0.3) is 10.9 Å². The van der Waals surface area contributed by atoms with E-state index >= 15 is 0 Å². The molecule has 1 aromatic carbocycles. The summed E-state index contributed by atoms with van der Waals surface area (Å²) in [4.78, 5) is 23.2. The van der Waals surface area contributed by atoms with E-state index in [2.05, 4.69) is 40.9 Å². The third-order valence-corrected chi connectivity index (χ3v) is 5.94. The number of aromatic amines is 1. The van der Waals surface area contributed by atoms with Crippen molar-refractivity contribution in [2.24, 2.45) is 0 Å². The molecule has 2 aliphatic rings.